The molecule has 1 amide bonds. The smallest absolute Gasteiger partial charge is 0.244 e. The van der Waals surface area contributed by atoms with E-state index in [1.165, 1.54) is 11.1 Å². The number of nitrogens with one attached hydrogen (secondary N) is 1. The van der Waals surface area contributed by atoms with E-state index >= 15 is 0 Å². The zero-order valence-corrected chi connectivity index (χ0v) is 17.6. The molecule has 154 valence electrons. The van der Waals surface area contributed by atoms with Crippen molar-refractivity contribution in [1.82, 2.24) is 5.43 Å². The molecule has 0 unspecified atom stereocenters. The Labute approximate surface area is 183 Å². The van der Waals surface area contributed by atoms with Crippen molar-refractivity contribution in [3.63, 3.8) is 0 Å². The molecule has 31 heavy (non-hydrogen) atoms. The number of rotatable bonds is 7. The highest BCUT2D eigenvalue weighted by atomic mass is 16.2. The Morgan fingerprint density at radius 3 is 2.00 bits per heavy atom. The minimum absolute atomic E-state index is 0.0414. The first-order valence-corrected chi connectivity index (χ1v) is 10.5. The molecule has 1 aliphatic carbocycles. The van der Waals surface area contributed by atoms with E-state index in [1.54, 1.807) is 0 Å². The van der Waals surface area contributed by atoms with Crippen LogP contribution >= 0.6 is 0 Å². The first-order valence-electron chi connectivity index (χ1n) is 10.5. The van der Waals surface area contributed by atoms with Crippen LogP contribution < -0.4 is 5.43 Å². The minimum Gasteiger partial charge on any atom is -0.273 e. The van der Waals surface area contributed by atoms with Crippen molar-refractivity contribution < 1.29 is 4.79 Å². The normalized spacial score (nSPS) is 17.7. The van der Waals surface area contributed by atoms with Gasteiger partial charge in [-0.3, -0.25) is 4.79 Å². The molecule has 3 heteroatoms. The highest BCUT2D eigenvalue weighted by molar-refractivity contribution is 5.94. The number of hydrazone groups is 1. The topological polar surface area (TPSA) is 41.5 Å². The Morgan fingerprint density at radius 2 is 1.42 bits per heavy atom. The van der Waals surface area contributed by atoms with Gasteiger partial charge in [0.1, 0.15) is 0 Å². The summed E-state index contributed by atoms with van der Waals surface area (Å²) in [5, 5.41) is 4.28. The first-order chi connectivity index (χ1) is 15.2. The maximum absolute atomic E-state index is 12.9. The molecule has 0 spiro atoms. The molecule has 4 rings (SSSR count). The number of carbonyl (C=O) groups excluding carboxylic acids is 1. The van der Waals surface area contributed by atoms with Gasteiger partial charge in [-0.1, -0.05) is 109 Å². The van der Waals surface area contributed by atoms with Crippen LogP contribution in [0.1, 0.15) is 30.0 Å². The molecule has 1 atom stereocenters. The summed E-state index contributed by atoms with van der Waals surface area (Å²) in [5.41, 5.74) is 6.73. The Morgan fingerprint density at radius 1 is 0.871 bits per heavy atom. The number of benzene rings is 3. The number of hydrogen-bond donors (Lipinski definition) is 1. The van der Waals surface area contributed by atoms with Crippen molar-refractivity contribution in [3.05, 3.63) is 126 Å². The Hall–Kier alpha value is -3.72. The van der Waals surface area contributed by atoms with Crippen LogP contribution in [0.2, 0.25) is 0 Å². The Kier molecular flexibility index (Phi) is 6.23. The van der Waals surface area contributed by atoms with E-state index in [-0.39, 0.29) is 17.2 Å². The lowest BCUT2D eigenvalue weighted by Gasteiger charge is -2.18. The van der Waals surface area contributed by atoms with E-state index in [4.69, 9.17) is 0 Å². The van der Waals surface area contributed by atoms with E-state index in [0.29, 0.717) is 0 Å². The quantitative estimate of drug-likeness (QED) is 0.303. The van der Waals surface area contributed by atoms with Gasteiger partial charge in [0.25, 0.3) is 0 Å². The lowest BCUT2D eigenvalue weighted by atomic mass is 9.85. The van der Waals surface area contributed by atoms with Crippen LogP contribution in [0.25, 0.3) is 6.08 Å². The van der Waals surface area contributed by atoms with Crippen molar-refractivity contribution in [2.75, 3.05) is 0 Å². The number of hydrogen-bond acceptors (Lipinski definition) is 2. The van der Waals surface area contributed by atoms with Crippen molar-refractivity contribution in [3.8, 4) is 0 Å². The van der Waals surface area contributed by atoms with Crippen LogP contribution in [0, 0.1) is 5.92 Å². The molecule has 1 aliphatic rings. The van der Waals surface area contributed by atoms with Crippen LogP contribution in [-0.2, 0) is 10.2 Å². The summed E-state index contributed by atoms with van der Waals surface area (Å²) >= 11 is 0. The molecule has 0 saturated heterocycles. The Balaban J connectivity index is 1.42. The predicted octanol–water partition coefficient (Wildman–Crippen LogP) is 5.75. The first kappa shape index (κ1) is 20.5. The summed E-state index contributed by atoms with van der Waals surface area (Å²) in [6.45, 7) is 1.88. The van der Waals surface area contributed by atoms with Gasteiger partial charge in [-0.15, -0.1) is 0 Å². The van der Waals surface area contributed by atoms with Gasteiger partial charge >= 0.3 is 0 Å². The third-order valence-electron chi connectivity index (χ3n) is 5.73. The Bertz CT molecular complexity index is 1060. The summed E-state index contributed by atoms with van der Waals surface area (Å²) in [6.07, 6.45) is 8.59. The van der Waals surface area contributed by atoms with Gasteiger partial charge < -0.3 is 0 Å². The van der Waals surface area contributed by atoms with E-state index in [9.17, 15) is 4.79 Å². The fraction of sp³-hybridized carbons (Fsp3) is 0.143. The largest absolute Gasteiger partial charge is 0.273 e. The number of amides is 1. The molecule has 0 aromatic heterocycles. The minimum atomic E-state index is -0.274. The van der Waals surface area contributed by atoms with E-state index in [0.717, 1.165) is 17.7 Å². The number of allylic oxidation sites excluding steroid dienone is 3. The zero-order valence-electron chi connectivity index (χ0n) is 17.6. The third kappa shape index (κ3) is 4.72. The van der Waals surface area contributed by atoms with Crippen molar-refractivity contribution in [2.24, 2.45) is 11.0 Å². The lowest BCUT2D eigenvalue weighted by molar-refractivity contribution is -0.122. The molecule has 0 radical (unpaired) electrons. The van der Waals surface area contributed by atoms with Gasteiger partial charge in [0.2, 0.25) is 5.91 Å². The van der Waals surface area contributed by atoms with Crippen LogP contribution in [0.5, 0.6) is 0 Å². The van der Waals surface area contributed by atoms with Crippen molar-refractivity contribution in [2.45, 2.75) is 18.8 Å². The molecular formula is C28H26N2O. The van der Waals surface area contributed by atoms with E-state index in [2.05, 4.69) is 34.8 Å². The van der Waals surface area contributed by atoms with E-state index < -0.39 is 0 Å². The second-order valence-corrected chi connectivity index (χ2v) is 7.82. The van der Waals surface area contributed by atoms with Crippen molar-refractivity contribution in [1.29, 1.82) is 0 Å². The maximum Gasteiger partial charge on any atom is 0.244 e. The summed E-state index contributed by atoms with van der Waals surface area (Å²) in [7, 11) is 0. The summed E-state index contributed by atoms with van der Waals surface area (Å²) in [6, 6.07) is 30.7. The average Bonchev–Trinajstić information content (AvgIpc) is 3.59. The SMILES string of the molecule is CC(/C=C/C=C/c1ccccc1)=N/NC(=O)[C@H]1CC1(c1ccccc1)c1ccccc1. The fourth-order valence-corrected chi connectivity index (χ4v) is 4.04. The summed E-state index contributed by atoms with van der Waals surface area (Å²) in [5.74, 6) is -0.170. The van der Waals surface area contributed by atoms with Crippen LogP contribution in [0.4, 0.5) is 0 Å². The highest BCUT2D eigenvalue weighted by Gasteiger charge is 2.60. The van der Waals surface area contributed by atoms with Gasteiger partial charge in [0, 0.05) is 5.41 Å². The van der Waals surface area contributed by atoms with Gasteiger partial charge in [0.15, 0.2) is 0 Å². The third-order valence-corrected chi connectivity index (χ3v) is 5.73. The highest BCUT2D eigenvalue weighted by Crippen LogP contribution is 2.58. The number of nitrogens with zero attached hydrogens (tertiary/aromatic N) is 1. The summed E-state index contributed by atoms with van der Waals surface area (Å²) < 4.78 is 0. The molecule has 1 N–H and O–H groups in total. The molecule has 0 aliphatic heterocycles. The zero-order chi connectivity index (χ0) is 21.5. The monoisotopic (exact) mass is 406 g/mol. The van der Waals surface area contributed by atoms with Crippen LogP contribution in [0.3, 0.4) is 0 Å². The summed E-state index contributed by atoms with van der Waals surface area (Å²) in [4.78, 5) is 12.9. The molecule has 1 saturated carbocycles. The van der Waals surface area contributed by atoms with E-state index in [1.807, 2.05) is 98.0 Å². The molecule has 3 aromatic carbocycles. The standard InChI is InChI=1S/C28H26N2O/c1-22(13-11-12-16-23-14-5-2-6-15-23)29-30-27(31)26-21-28(26,24-17-7-3-8-18-24)25-19-9-4-10-20-25/h2-20,26H,21H2,1H3,(H,30,31)/b13-11+,16-12+,29-22-/t26-/m1/s1. The van der Waals surface area contributed by atoms with Gasteiger partial charge in [-0.25, -0.2) is 5.43 Å². The second kappa shape index (κ2) is 9.40. The lowest BCUT2D eigenvalue weighted by Crippen LogP contribution is -2.26. The molecular weight excluding hydrogens is 380 g/mol. The van der Waals surface area contributed by atoms with Crippen LogP contribution in [-0.4, -0.2) is 11.6 Å². The molecule has 0 bridgehead atoms. The fourth-order valence-electron chi connectivity index (χ4n) is 4.04. The molecule has 0 heterocycles. The van der Waals surface area contributed by atoms with Gasteiger partial charge in [0.05, 0.1) is 11.6 Å². The average molecular weight is 407 g/mol. The van der Waals surface area contributed by atoms with Crippen molar-refractivity contribution >= 4 is 17.7 Å². The number of carbonyl (C=O) groups is 1. The van der Waals surface area contributed by atoms with Gasteiger partial charge in [-0.05, 0) is 36.1 Å². The van der Waals surface area contributed by atoms with Gasteiger partial charge in [-0.2, -0.15) is 5.10 Å². The molecule has 1 fully saturated rings. The molecule has 3 nitrogen and oxygen atoms in total. The second-order valence-electron chi connectivity index (χ2n) is 7.82. The predicted molar refractivity (Wildman–Crippen MR) is 128 cm³/mol. The van der Waals surface area contributed by atoms with Crippen LogP contribution in [0.15, 0.2) is 114 Å². The maximum atomic E-state index is 12.9. The molecule has 3 aromatic rings.